The fraction of sp³-hybridized carbons (Fsp3) is 0.182. The van der Waals surface area contributed by atoms with Gasteiger partial charge in [0.1, 0.15) is 0 Å². The molecule has 0 aliphatic carbocycles. The Morgan fingerprint density at radius 3 is 2.81 bits per heavy atom. The molecule has 1 aromatic heterocycles. The molecular formula is C22H19ClN2O. The Bertz CT molecular complexity index is 1020. The fourth-order valence-corrected chi connectivity index (χ4v) is 3.59. The number of carbonyl (C=O) groups excluding carboxylic acids is 1. The Morgan fingerprint density at radius 2 is 1.96 bits per heavy atom. The average Bonchev–Trinajstić information content (AvgIpc) is 2.93. The van der Waals surface area contributed by atoms with E-state index in [4.69, 9.17) is 11.6 Å². The molecule has 2 aromatic carbocycles. The molecule has 1 aliphatic rings. The lowest BCUT2D eigenvalue weighted by Crippen LogP contribution is -2.22. The number of unbranched alkanes of at least 4 members (excludes halogenated alkanes) is 2. The summed E-state index contributed by atoms with van der Waals surface area (Å²) in [5.74, 6) is -0.0300. The Morgan fingerprint density at radius 1 is 1.12 bits per heavy atom. The van der Waals surface area contributed by atoms with Gasteiger partial charge in [-0.15, -0.1) is 0 Å². The van der Waals surface area contributed by atoms with Gasteiger partial charge in [-0.25, -0.2) is 0 Å². The smallest absolute Gasteiger partial charge is 0.263 e. The van der Waals surface area contributed by atoms with E-state index in [0.717, 1.165) is 47.1 Å². The molecule has 0 saturated heterocycles. The first kappa shape index (κ1) is 16.8. The molecule has 3 nitrogen and oxygen atoms in total. The van der Waals surface area contributed by atoms with Crippen LogP contribution in [0.1, 0.15) is 42.1 Å². The van der Waals surface area contributed by atoms with Crippen molar-refractivity contribution in [2.24, 2.45) is 0 Å². The number of aromatic nitrogens is 1. The molecule has 0 unspecified atom stereocenters. The first-order valence-corrected chi connectivity index (χ1v) is 9.27. The standard InChI is InChI=1S/C22H19ClN2O/c1-2-3-4-9-19-18-14-16(23)11-12-17(18)22(26)25(19)20-10-5-7-15-8-6-13-24-21(15)20/h5-14H,2-4H2,1H3/b19-9-. The molecule has 1 amide bonds. The van der Waals surface area contributed by atoms with Crippen LogP contribution in [-0.4, -0.2) is 10.9 Å². The number of hydrogen-bond donors (Lipinski definition) is 0. The van der Waals surface area contributed by atoms with Gasteiger partial charge < -0.3 is 0 Å². The predicted octanol–water partition coefficient (Wildman–Crippen LogP) is 6.08. The van der Waals surface area contributed by atoms with Crippen molar-refractivity contribution >= 4 is 39.8 Å². The molecule has 0 fully saturated rings. The fourth-order valence-electron chi connectivity index (χ4n) is 3.42. The van der Waals surface area contributed by atoms with E-state index < -0.39 is 0 Å². The number of fused-ring (bicyclic) bond motifs is 2. The number of carbonyl (C=O) groups is 1. The Labute approximate surface area is 157 Å². The van der Waals surface area contributed by atoms with Crippen molar-refractivity contribution in [3.8, 4) is 0 Å². The second-order valence-corrected chi connectivity index (χ2v) is 6.85. The summed E-state index contributed by atoms with van der Waals surface area (Å²) < 4.78 is 0. The van der Waals surface area contributed by atoms with Crippen LogP contribution < -0.4 is 4.90 Å². The number of rotatable bonds is 4. The van der Waals surface area contributed by atoms with E-state index in [1.54, 1.807) is 17.2 Å². The number of benzene rings is 2. The first-order chi connectivity index (χ1) is 12.7. The molecule has 0 atom stereocenters. The second-order valence-electron chi connectivity index (χ2n) is 6.41. The molecule has 0 N–H and O–H groups in total. The molecule has 0 bridgehead atoms. The quantitative estimate of drug-likeness (QED) is 0.527. The number of hydrogen-bond acceptors (Lipinski definition) is 2. The third-order valence-electron chi connectivity index (χ3n) is 4.68. The Balaban J connectivity index is 1.91. The number of pyridine rings is 1. The molecule has 1 aliphatic heterocycles. The van der Waals surface area contributed by atoms with Crippen molar-refractivity contribution in [2.45, 2.75) is 26.2 Å². The van der Waals surface area contributed by atoms with Gasteiger partial charge in [0.2, 0.25) is 0 Å². The summed E-state index contributed by atoms with van der Waals surface area (Å²) in [5.41, 5.74) is 4.11. The van der Waals surface area contributed by atoms with Crippen molar-refractivity contribution in [1.82, 2.24) is 4.98 Å². The third kappa shape index (κ3) is 2.78. The van der Waals surface area contributed by atoms with Crippen molar-refractivity contribution in [2.75, 3.05) is 4.90 Å². The van der Waals surface area contributed by atoms with Gasteiger partial charge in [-0.2, -0.15) is 0 Å². The Hall–Kier alpha value is -2.65. The monoisotopic (exact) mass is 362 g/mol. The van der Waals surface area contributed by atoms with Crippen LogP contribution in [0.2, 0.25) is 5.02 Å². The van der Waals surface area contributed by atoms with E-state index in [-0.39, 0.29) is 5.91 Å². The van der Waals surface area contributed by atoms with E-state index in [9.17, 15) is 4.79 Å². The number of para-hydroxylation sites is 1. The molecule has 130 valence electrons. The van der Waals surface area contributed by atoms with Crippen LogP contribution in [0.3, 0.4) is 0 Å². The van der Waals surface area contributed by atoms with Crippen LogP contribution in [-0.2, 0) is 0 Å². The van der Waals surface area contributed by atoms with Crippen LogP contribution in [0, 0.1) is 0 Å². The molecule has 0 radical (unpaired) electrons. The zero-order valence-electron chi connectivity index (χ0n) is 14.6. The summed E-state index contributed by atoms with van der Waals surface area (Å²) >= 11 is 6.22. The molecule has 2 heterocycles. The highest BCUT2D eigenvalue weighted by Crippen LogP contribution is 2.40. The minimum atomic E-state index is -0.0300. The van der Waals surface area contributed by atoms with Crippen molar-refractivity contribution in [1.29, 1.82) is 0 Å². The summed E-state index contributed by atoms with van der Waals surface area (Å²) in [6.45, 7) is 2.16. The maximum Gasteiger partial charge on any atom is 0.263 e. The van der Waals surface area contributed by atoms with Gasteiger partial charge in [-0.1, -0.05) is 49.2 Å². The van der Waals surface area contributed by atoms with Gasteiger partial charge in [0, 0.05) is 27.7 Å². The van der Waals surface area contributed by atoms with Gasteiger partial charge in [-0.3, -0.25) is 14.7 Å². The summed E-state index contributed by atoms with van der Waals surface area (Å²) in [5, 5.41) is 1.65. The van der Waals surface area contributed by atoms with Crippen molar-refractivity contribution < 1.29 is 4.79 Å². The molecule has 4 rings (SSSR count). The SMILES string of the molecule is CCCC/C=C1/c2cc(Cl)ccc2C(=O)N1c1cccc2cccnc12. The van der Waals surface area contributed by atoms with Crippen LogP contribution in [0.25, 0.3) is 16.6 Å². The van der Waals surface area contributed by atoms with E-state index in [1.807, 2.05) is 42.5 Å². The highest BCUT2D eigenvalue weighted by molar-refractivity contribution is 6.32. The van der Waals surface area contributed by atoms with Crippen LogP contribution in [0.4, 0.5) is 5.69 Å². The normalized spacial score (nSPS) is 15.1. The third-order valence-corrected chi connectivity index (χ3v) is 4.91. The van der Waals surface area contributed by atoms with Gasteiger partial charge in [0.15, 0.2) is 0 Å². The number of nitrogens with zero attached hydrogens (tertiary/aromatic N) is 2. The van der Waals surface area contributed by atoms with Gasteiger partial charge in [0.25, 0.3) is 5.91 Å². The van der Waals surface area contributed by atoms with E-state index in [1.165, 1.54) is 0 Å². The van der Waals surface area contributed by atoms with Crippen molar-refractivity contribution in [3.63, 3.8) is 0 Å². The highest BCUT2D eigenvalue weighted by Gasteiger charge is 2.34. The van der Waals surface area contributed by atoms with E-state index in [0.29, 0.717) is 10.6 Å². The summed E-state index contributed by atoms with van der Waals surface area (Å²) in [4.78, 5) is 19.5. The van der Waals surface area contributed by atoms with Crippen LogP contribution >= 0.6 is 11.6 Å². The average molecular weight is 363 g/mol. The molecule has 3 aromatic rings. The number of amides is 1. The lowest BCUT2D eigenvalue weighted by Gasteiger charge is -2.20. The number of anilines is 1. The number of halogens is 1. The van der Waals surface area contributed by atoms with Crippen LogP contribution in [0.5, 0.6) is 0 Å². The van der Waals surface area contributed by atoms with Crippen molar-refractivity contribution in [3.05, 3.63) is 77.0 Å². The topological polar surface area (TPSA) is 33.2 Å². The zero-order chi connectivity index (χ0) is 18.1. The molecular weight excluding hydrogens is 344 g/mol. The molecule has 0 spiro atoms. The van der Waals surface area contributed by atoms with Gasteiger partial charge in [0.05, 0.1) is 16.9 Å². The lowest BCUT2D eigenvalue weighted by atomic mass is 10.1. The summed E-state index contributed by atoms with van der Waals surface area (Å²) in [6.07, 6.45) is 7.01. The van der Waals surface area contributed by atoms with Gasteiger partial charge >= 0.3 is 0 Å². The molecule has 0 saturated carbocycles. The summed E-state index contributed by atoms with van der Waals surface area (Å²) in [6, 6.07) is 15.3. The molecule has 4 heteroatoms. The summed E-state index contributed by atoms with van der Waals surface area (Å²) in [7, 11) is 0. The minimum Gasteiger partial charge on any atom is -0.274 e. The zero-order valence-corrected chi connectivity index (χ0v) is 15.3. The molecule has 26 heavy (non-hydrogen) atoms. The van der Waals surface area contributed by atoms with Gasteiger partial charge in [-0.05, 0) is 43.2 Å². The highest BCUT2D eigenvalue weighted by atomic mass is 35.5. The largest absolute Gasteiger partial charge is 0.274 e. The minimum absolute atomic E-state index is 0.0300. The predicted molar refractivity (Wildman–Crippen MR) is 108 cm³/mol. The Kier molecular flexibility index (Phi) is 4.48. The number of allylic oxidation sites excluding steroid dienone is 1. The lowest BCUT2D eigenvalue weighted by molar-refractivity contribution is 0.101. The first-order valence-electron chi connectivity index (χ1n) is 8.89. The van der Waals surface area contributed by atoms with E-state index in [2.05, 4.69) is 18.0 Å². The van der Waals surface area contributed by atoms with Crippen LogP contribution in [0.15, 0.2) is 60.8 Å². The maximum absolute atomic E-state index is 13.2. The maximum atomic E-state index is 13.2. The van der Waals surface area contributed by atoms with E-state index >= 15 is 0 Å². The second kappa shape index (κ2) is 6.93.